The number of aromatic nitrogens is 3. The lowest BCUT2D eigenvalue weighted by atomic mass is 10.1. The number of nitrogens with one attached hydrogen (secondary N) is 2. The quantitative estimate of drug-likeness (QED) is 0.228. The zero-order valence-electron chi connectivity index (χ0n) is 17.7. The summed E-state index contributed by atoms with van der Waals surface area (Å²) in [7, 11) is 0. The van der Waals surface area contributed by atoms with Gasteiger partial charge >= 0.3 is 0 Å². The molecule has 0 spiro atoms. The molecule has 0 amide bonds. The predicted molar refractivity (Wildman–Crippen MR) is 134 cm³/mol. The van der Waals surface area contributed by atoms with Crippen molar-refractivity contribution in [3.05, 3.63) is 108 Å². The number of ether oxygens (including phenoxy) is 1. The lowest BCUT2D eigenvalue weighted by Crippen LogP contribution is -1.95. The van der Waals surface area contributed by atoms with Crippen molar-refractivity contribution in [1.82, 2.24) is 15.2 Å². The summed E-state index contributed by atoms with van der Waals surface area (Å²) in [4.78, 5) is 3.24. The van der Waals surface area contributed by atoms with E-state index in [9.17, 15) is 0 Å². The number of nitrogens with zero attached hydrogens (tertiary/aromatic N) is 1. The van der Waals surface area contributed by atoms with E-state index in [1.807, 2.05) is 66.9 Å². The van der Waals surface area contributed by atoms with E-state index in [0.717, 1.165) is 40.2 Å². The third kappa shape index (κ3) is 5.89. The summed E-state index contributed by atoms with van der Waals surface area (Å²) in [6, 6.07) is 18.4. The molecular weight excluding hydrogens is 396 g/mol. The molecule has 0 unspecified atom stereocenters. The molecule has 4 aromatic rings. The Morgan fingerprint density at radius 3 is 2.75 bits per heavy atom. The number of allylic oxidation sites excluding steroid dienone is 2. The Hall–Kier alpha value is -4.25. The SMILES string of the molecule is N/C=C\C=C/CCOc1cccc(/C=C/c2cc(/C=C/c3ccc4cc[nH]c4c3)[nH]n2)c1. The summed E-state index contributed by atoms with van der Waals surface area (Å²) in [6.45, 7) is 0.619. The van der Waals surface area contributed by atoms with Gasteiger partial charge in [0.25, 0.3) is 0 Å². The van der Waals surface area contributed by atoms with Crippen LogP contribution in [0.1, 0.15) is 28.9 Å². The number of H-pyrrole nitrogens is 2. The van der Waals surface area contributed by atoms with Gasteiger partial charge in [0, 0.05) is 11.7 Å². The first-order valence-corrected chi connectivity index (χ1v) is 10.6. The molecule has 4 rings (SSSR count). The number of hydrogen-bond donors (Lipinski definition) is 3. The number of nitrogens with two attached hydrogens (primary N) is 1. The van der Waals surface area contributed by atoms with Gasteiger partial charge in [-0.25, -0.2) is 0 Å². The molecule has 5 heteroatoms. The highest BCUT2D eigenvalue weighted by Gasteiger charge is 1.98. The van der Waals surface area contributed by atoms with Gasteiger partial charge in [0.15, 0.2) is 0 Å². The molecule has 0 aliphatic rings. The minimum Gasteiger partial charge on any atom is -0.493 e. The zero-order valence-corrected chi connectivity index (χ0v) is 17.7. The van der Waals surface area contributed by atoms with Crippen LogP contribution in [0.3, 0.4) is 0 Å². The molecule has 0 saturated carbocycles. The van der Waals surface area contributed by atoms with Crippen LogP contribution in [-0.2, 0) is 0 Å². The van der Waals surface area contributed by atoms with Crippen LogP contribution < -0.4 is 10.5 Å². The summed E-state index contributed by atoms with van der Waals surface area (Å²) < 4.78 is 5.80. The van der Waals surface area contributed by atoms with Gasteiger partial charge in [-0.3, -0.25) is 5.10 Å². The average molecular weight is 423 g/mol. The van der Waals surface area contributed by atoms with Crippen molar-refractivity contribution in [2.24, 2.45) is 5.73 Å². The van der Waals surface area contributed by atoms with Crippen LogP contribution in [0.15, 0.2) is 85.2 Å². The van der Waals surface area contributed by atoms with Gasteiger partial charge in [-0.2, -0.15) is 5.10 Å². The Morgan fingerprint density at radius 1 is 0.906 bits per heavy atom. The normalized spacial score (nSPS) is 12.2. The van der Waals surface area contributed by atoms with Crippen molar-refractivity contribution in [1.29, 1.82) is 0 Å². The summed E-state index contributed by atoms with van der Waals surface area (Å²) in [5.41, 5.74) is 10.4. The highest BCUT2D eigenvalue weighted by molar-refractivity contribution is 5.83. The van der Waals surface area contributed by atoms with E-state index in [-0.39, 0.29) is 0 Å². The molecule has 0 saturated heterocycles. The van der Waals surface area contributed by atoms with E-state index in [1.54, 1.807) is 6.08 Å². The Balaban J connectivity index is 1.34. The number of aromatic amines is 2. The van der Waals surface area contributed by atoms with Crippen molar-refractivity contribution >= 4 is 35.2 Å². The number of benzene rings is 2. The molecule has 0 radical (unpaired) electrons. The van der Waals surface area contributed by atoms with Crippen LogP contribution in [0.2, 0.25) is 0 Å². The van der Waals surface area contributed by atoms with Crippen LogP contribution >= 0.6 is 0 Å². The largest absolute Gasteiger partial charge is 0.493 e. The standard InChI is InChI=1S/C27H26N4O/c28-15-3-1-2-4-17-32-26-7-5-6-21(18-26)9-12-24-20-25(31-30-24)13-10-22-8-11-23-14-16-29-27(23)19-22/h1-3,5-16,18-20,29H,4,17,28H2,(H,30,31)/b2-1-,12-9+,13-10+,15-3-. The number of hydrogen-bond acceptors (Lipinski definition) is 3. The van der Waals surface area contributed by atoms with Gasteiger partial charge in [0.1, 0.15) is 5.75 Å². The maximum Gasteiger partial charge on any atom is 0.119 e. The van der Waals surface area contributed by atoms with E-state index in [2.05, 4.69) is 45.5 Å². The third-order valence-electron chi connectivity index (χ3n) is 4.87. The lowest BCUT2D eigenvalue weighted by Gasteiger charge is -2.05. The first kappa shape index (κ1) is 21.0. The first-order chi connectivity index (χ1) is 15.8. The van der Waals surface area contributed by atoms with Crippen molar-refractivity contribution in [2.45, 2.75) is 6.42 Å². The topological polar surface area (TPSA) is 79.7 Å². The molecule has 5 nitrogen and oxygen atoms in total. The Morgan fingerprint density at radius 2 is 1.81 bits per heavy atom. The smallest absolute Gasteiger partial charge is 0.119 e. The van der Waals surface area contributed by atoms with Crippen molar-refractivity contribution < 1.29 is 4.74 Å². The molecule has 160 valence electrons. The van der Waals surface area contributed by atoms with Gasteiger partial charge < -0.3 is 15.5 Å². The van der Waals surface area contributed by atoms with E-state index >= 15 is 0 Å². The summed E-state index contributed by atoms with van der Waals surface area (Å²) in [5, 5.41) is 8.65. The monoisotopic (exact) mass is 422 g/mol. The molecule has 0 aliphatic carbocycles. The van der Waals surface area contributed by atoms with Crippen molar-refractivity contribution in [2.75, 3.05) is 6.61 Å². The molecule has 0 aliphatic heterocycles. The molecule has 2 aromatic heterocycles. The predicted octanol–water partition coefficient (Wildman–Crippen LogP) is 6.03. The summed E-state index contributed by atoms with van der Waals surface area (Å²) >= 11 is 0. The minimum absolute atomic E-state index is 0.619. The summed E-state index contributed by atoms with van der Waals surface area (Å²) in [6.07, 6.45) is 18.1. The second kappa shape index (κ2) is 10.7. The second-order valence-electron chi connectivity index (χ2n) is 7.26. The minimum atomic E-state index is 0.619. The molecular formula is C27H26N4O. The average Bonchev–Trinajstić information content (AvgIpc) is 3.48. The van der Waals surface area contributed by atoms with Crippen molar-refractivity contribution in [3.63, 3.8) is 0 Å². The van der Waals surface area contributed by atoms with Crippen LogP contribution in [0, 0.1) is 0 Å². The number of rotatable bonds is 9. The van der Waals surface area contributed by atoms with Crippen LogP contribution in [0.4, 0.5) is 0 Å². The Bertz CT molecular complexity index is 1270. The van der Waals surface area contributed by atoms with Crippen LogP contribution in [0.5, 0.6) is 5.75 Å². The lowest BCUT2D eigenvalue weighted by molar-refractivity contribution is 0.325. The van der Waals surface area contributed by atoms with Gasteiger partial charge in [-0.15, -0.1) is 0 Å². The fourth-order valence-corrected chi connectivity index (χ4v) is 3.25. The zero-order chi connectivity index (χ0) is 22.0. The highest BCUT2D eigenvalue weighted by Crippen LogP contribution is 2.18. The molecule has 2 aromatic carbocycles. The fraction of sp³-hybridized carbons (Fsp3) is 0.0741. The second-order valence-corrected chi connectivity index (χ2v) is 7.26. The molecule has 0 fully saturated rings. The fourth-order valence-electron chi connectivity index (χ4n) is 3.25. The van der Waals surface area contributed by atoms with E-state index in [4.69, 9.17) is 10.5 Å². The third-order valence-corrected chi connectivity index (χ3v) is 4.87. The van der Waals surface area contributed by atoms with Gasteiger partial charge in [-0.05, 0) is 77.7 Å². The van der Waals surface area contributed by atoms with Crippen molar-refractivity contribution in [3.8, 4) is 5.75 Å². The Labute approximate surface area is 187 Å². The van der Waals surface area contributed by atoms with Gasteiger partial charge in [-0.1, -0.05) is 48.6 Å². The number of fused-ring (bicyclic) bond motifs is 1. The van der Waals surface area contributed by atoms with E-state index < -0.39 is 0 Å². The van der Waals surface area contributed by atoms with Crippen LogP contribution in [0.25, 0.3) is 35.2 Å². The van der Waals surface area contributed by atoms with E-state index in [0.29, 0.717) is 6.61 Å². The molecule has 2 heterocycles. The maximum atomic E-state index is 5.80. The maximum absolute atomic E-state index is 5.80. The van der Waals surface area contributed by atoms with E-state index in [1.165, 1.54) is 11.6 Å². The Kier molecular flexibility index (Phi) is 7.01. The molecule has 0 bridgehead atoms. The highest BCUT2D eigenvalue weighted by atomic mass is 16.5. The molecule has 0 atom stereocenters. The van der Waals surface area contributed by atoms with Crippen LogP contribution in [-0.4, -0.2) is 21.8 Å². The van der Waals surface area contributed by atoms with Gasteiger partial charge in [0.2, 0.25) is 0 Å². The first-order valence-electron chi connectivity index (χ1n) is 10.6. The molecule has 32 heavy (non-hydrogen) atoms. The summed E-state index contributed by atoms with van der Waals surface area (Å²) in [5.74, 6) is 0.847. The molecule has 4 N–H and O–H groups in total. The van der Waals surface area contributed by atoms with Gasteiger partial charge in [0.05, 0.1) is 18.0 Å².